The minimum Gasteiger partial charge on any atom is -0.368 e. The second-order valence-corrected chi connectivity index (χ2v) is 7.68. The van der Waals surface area contributed by atoms with E-state index in [-0.39, 0.29) is 36.0 Å². The topological polar surface area (TPSA) is 73.3 Å². The van der Waals surface area contributed by atoms with Gasteiger partial charge < -0.3 is 24.8 Å². The first-order valence-corrected chi connectivity index (χ1v) is 11.3. The van der Waals surface area contributed by atoms with Gasteiger partial charge in [-0.05, 0) is 45.2 Å². The van der Waals surface area contributed by atoms with E-state index in [0.29, 0.717) is 26.2 Å². The van der Waals surface area contributed by atoms with Crippen molar-refractivity contribution in [3.8, 4) is 0 Å². The third-order valence-corrected chi connectivity index (χ3v) is 5.74. The lowest BCUT2D eigenvalue weighted by Gasteiger charge is -2.37. The second kappa shape index (κ2) is 13.0. The number of amides is 1. The lowest BCUT2D eigenvalue weighted by Crippen LogP contribution is -2.55. The number of pyridine rings is 1. The summed E-state index contributed by atoms with van der Waals surface area (Å²) in [5.74, 6) is 2.05. The van der Waals surface area contributed by atoms with Gasteiger partial charge in [-0.3, -0.25) is 4.79 Å². The molecular formula is C22H37IN6O2. The highest BCUT2D eigenvalue weighted by atomic mass is 127. The lowest BCUT2D eigenvalue weighted by molar-refractivity contribution is -0.142. The first kappa shape index (κ1) is 25.6. The van der Waals surface area contributed by atoms with E-state index in [4.69, 9.17) is 9.73 Å². The Hall–Kier alpha value is -1.62. The third-order valence-electron chi connectivity index (χ3n) is 5.74. The molecule has 8 nitrogen and oxygen atoms in total. The summed E-state index contributed by atoms with van der Waals surface area (Å²) in [5.41, 5.74) is 1.09. The van der Waals surface area contributed by atoms with Crippen LogP contribution < -0.4 is 10.2 Å². The number of hydrogen-bond acceptors (Lipinski definition) is 5. The van der Waals surface area contributed by atoms with Crippen molar-refractivity contribution < 1.29 is 9.53 Å². The van der Waals surface area contributed by atoms with Crippen LogP contribution in [0.25, 0.3) is 0 Å². The van der Waals surface area contributed by atoms with Crippen molar-refractivity contribution in [2.45, 2.75) is 46.3 Å². The summed E-state index contributed by atoms with van der Waals surface area (Å²) in [7, 11) is 0. The largest absolute Gasteiger partial charge is 0.368 e. The highest BCUT2D eigenvalue weighted by molar-refractivity contribution is 14.0. The number of guanidine groups is 1. The van der Waals surface area contributed by atoms with Crippen LogP contribution in [0, 0.1) is 0 Å². The third kappa shape index (κ3) is 6.93. The van der Waals surface area contributed by atoms with Crippen LogP contribution in [0.15, 0.2) is 23.3 Å². The number of anilines is 1. The molecule has 1 aromatic rings. The maximum Gasteiger partial charge on any atom is 0.251 e. The molecule has 0 radical (unpaired) electrons. The van der Waals surface area contributed by atoms with E-state index in [0.717, 1.165) is 62.9 Å². The van der Waals surface area contributed by atoms with Gasteiger partial charge in [-0.1, -0.05) is 6.07 Å². The van der Waals surface area contributed by atoms with E-state index in [1.54, 1.807) is 0 Å². The Morgan fingerprint density at radius 1 is 1.19 bits per heavy atom. The molecule has 0 saturated carbocycles. The molecule has 3 rings (SSSR count). The molecule has 0 spiro atoms. The van der Waals surface area contributed by atoms with Gasteiger partial charge in [0.25, 0.3) is 5.91 Å². The van der Waals surface area contributed by atoms with E-state index in [9.17, 15) is 4.79 Å². The molecule has 2 aliphatic rings. The van der Waals surface area contributed by atoms with Crippen LogP contribution in [-0.4, -0.2) is 85.2 Å². The average molecular weight is 544 g/mol. The van der Waals surface area contributed by atoms with Gasteiger partial charge in [0.2, 0.25) is 0 Å². The first-order chi connectivity index (χ1) is 14.7. The average Bonchev–Trinajstić information content (AvgIpc) is 3.33. The molecule has 0 aliphatic carbocycles. The predicted octanol–water partition coefficient (Wildman–Crippen LogP) is 2.33. The maximum absolute atomic E-state index is 12.6. The quantitative estimate of drug-likeness (QED) is 0.323. The number of carbonyl (C=O) groups excluding carboxylic acids is 1. The Balaban J connectivity index is 0.00000341. The molecule has 0 bridgehead atoms. The van der Waals surface area contributed by atoms with Crippen LogP contribution in [0.5, 0.6) is 0 Å². The number of halogens is 1. The van der Waals surface area contributed by atoms with Crippen molar-refractivity contribution in [3.63, 3.8) is 0 Å². The predicted molar refractivity (Wildman–Crippen MR) is 135 cm³/mol. The maximum atomic E-state index is 12.6. The number of aromatic nitrogens is 1. The summed E-state index contributed by atoms with van der Waals surface area (Å²) in [5, 5.41) is 3.39. The fraction of sp³-hybridized carbons (Fsp3) is 0.682. The SMILES string of the molecule is CCNC(=NCc1ccc(N(CC)CC)nc1)N1CCN(C(=O)C2CCCO2)CC1.I. The number of nitrogens with zero attached hydrogens (tertiary/aromatic N) is 5. The lowest BCUT2D eigenvalue weighted by atomic mass is 10.2. The van der Waals surface area contributed by atoms with Gasteiger partial charge in [0, 0.05) is 58.6 Å². The molecule has 1 N–H and O–H groups in total. The number of hydrogen-bond donors (Lipinski definition) is 1. The van der Waals surface area contributed by atoms with Gasteiger partial charge in [0.1, 0.15) is 11.9 Å². The van der Waals surface area contributed by atoms with Gasteiger partial charge in [-0.25, -0.2) is 9.98 Å². The smallest absolute Gasteiger partial charge is 0.251 e. The van der Waals surface area contributed by atoms with Crippen molar-refractivity contribution in [2.24, 2.45) is 4.99 Å². The molecule has 1 aromatic heterocycles. The van der Waals surface area contributed by atoms with Crippen molar-refractivity contribution in [2.75, 3.05) is 57.3 Å². The monoisotopic (exact) mass is 544 g/mol. The molecule has 31 heavy (non-hydrogen) atoms. The standard InChI is InChI=1S/C22H36N6O2.HI/c1-4-23-22(25-17-18-9-10-20(24-16-18)26(5-2)6-3)28-13-11-27(12-14-28)21(29)19-8-7-15-30-19;/h9-10,16,19H,4-8,11-15,17H2,1-3H3,(H,23,25);1H. The van der Waals surface area contributed by atoms with E-state index in [1.807, 2.05) is 11.1 Å². The van der Waals surface area contributed by atoms with Crippen molar-refractivity contribution in [1.29, 1.82) is 0 Å². The molecule has 9 heteroatoms. The number of piperazine rings is 1. The summed E-state index contributed by atoms with van der Waals surface area (Å²) in [6.07, 6.45) is 3.52. The van der Waals surface area contributed by atoms with Crippen LogP contribution >= 0.6 is 24.0 Å². The number of carbonyl (C=O) groups is 1. The van der Waals surface area contributed by atoms with Crippen LogP contribution in [-0.2, 0) is 16.1 Å². The van der Waals surface area contributed by atoms with Gasteiger partial charge in [-0.2, -0.15) is 0 Å². The molecule has 1 amide bonds. The second-order valence-electron chi connectivity index (χ2n) is 7.68. The molecule has 174 valence electrons. The molecule has 0 aromatic carbocycles. The minimum atomic E-state index is -0.231. The minimum absolute atomic E-state index is 0. The van der Waals surface area contributed by atoms with Crippen molar-refractivity contribution in [3.05, 3.63) is 23.9 Å². The van der Waals surface area contributed by atoms with Crippen LogP contribution in [0.3, 0.4) is 0 Å². The Morgan fingerprint density at radius 3 is 2.45 bits per heavy atom. The molecule has 1 atom stereocenters. The van der Waals surface area contributed by atoms with E-state index < -0.39 is 0 Å². The van der Waals surface area contributed by atoms with Gasteiger partial charge in [0.05, 0.1) is 6.54 Å². The molecule has 2 fully saturated rings. The zero-order valence-electron chi connectivity index (χ0n) is 19.0. The molecule has 1 unspecified atom stereocenters. The van der Waals surface area contributed by atoms with Crippen molar-refractivity contribution in [1.82, 2.24) is 20.1 Å². The number of ether oxygens (including phenoxy) is 1. The van der Waals surface area contributed by atoms with Gasteiger partial charge >= 0.3 is 0 Å². The van der Waals surface area contributed by atoms with E-state index in [2.05, 4.69) is 53.0 Å². The summed E-state index contributed by atoms with van der Waals surface area (Å²) in [6.45, 7) is 13.3. The zero-order chi connectivity index (χ0) is 21.3. The fourth-order valence-electron chi connectivity index (χ4n) is 3.95. The molecule has 2 aliphatic heterocycles. The highest BCUT2D eigenvalue weighted by Gasteiger charge is 2.30. The Bertz CT molecular complexity index is 696. The Labute approximate surface area is 203 Å². The summed E-state index contributed by atoms with van der Waals surface area (Å²) in [6, 6.07) is 4.17. The van der Waals surface area contributed by atoms with E-state index >= 15 is 0 Å². The number of nitrogens with one attached hydrogen (secondary N) is 1. The molecule has 3 heterocycles. The zero-order valence-corrected chi connectivity index (χ0v) is 21.4. The van der Waals surface area contributed by atoms with Gasteiger partial charge in [0.15, 0.2) is 5.96 Å². The Kier molecular flexibility index (Phi) is 10.8. The van der Waals surface area contributed by atoms with Crippen molar-refractivity contribution >= 4 is 41.7 Å². The fourth-order valence-corrected chi connectivity index (χ4v) is 3.95. The van der Waals surface area contributed by atoms with Gasteiger partial charge in [-0.15, -0.1) is 24.0 Å². The van der Waals surface area contributed by atoms with Crippen LogP contribution in [0.1, 0.15) is 39.2 Å². The molecule has 2 saturated heterocycles. The normalized spacial score (nSPS) is 19.2. The highest BCUT2D eigenvalue weighted by Crippen LogP contribution is 2.16. The molecular weight excluding hydrogens is 507 g/mol. The van der Waals surface area contributed by atoms with E-state index in [1.165, 1.54) is 0 Å². The first-order valence-electron chi connectivity index (χ1n) is 11.3. The Morgan fingerprint density at radius 2 is 1.90 bits per heavy atom. The summed E-state index contributed by atoms with van der Waals surface area (Å²) >= 11 is 0. The summed E-state index contributed by atoms with van der Waals surface area (Å²) in [4.78, 5) is 28.4. The number of aliphatic imine (C=N–C) groups is 1. The van der Waals surface area contributed by atoms with Crippen LogP contribution in [0.4, 0.5) is 5.82 Å². The van der Waals surface area contributed by atoms with Crippen LogP contribution in [0.2, 0.25) is 0 Å². The summed E-state index contributed by atoms with van der Waals surface area (Å²) < 4.78 is 5.56. The number of rotatable bonds is 7.